The second-order valence-corrected chi connectivity index (χ2v) is 8.26. The van der Waals surface area contributed by atoms with Gasteiger partial charge in [0.2, 0.25) is 0 Å². The Kier molecular flexibility index (Phi) is 4.37. The predicted molar refractivity (Wildman–Crippen MR) is 103 cm³/mol. The van der Waals surface area contributed by atoms with Crippen molar-refractivity contribution < 1.29 is 18.8 Å². The summed E-state index contributed by atoms with van der Waals surface area (Å²) in [6.45, 7) is 6.14. The number of halogens is 1. The Morgan fingerprint density at radius 3 is 2.17 bits per heavy atom. The van der Waals surface area contributed by atoms with Crippen LogP contribution < -0.4 is 0 Å². The van der Waals surface area contributed by atoms with Gasteiger partial charge < -0.3 is 4.90 Å². The quantitative estimate of drug-likeness (QED) is 0.745. The molecule has 3 amide bonds. The zero-order valence-corrected chi connectivity index (χ0v) is 16.5. The molecule has 0 radical (unpaired) electrons. The van der Waals surface area contributed by atoms with Crippen molar-refractivity contribution in [3.05, 3.63) is 64.7 Å². The van der Waals surface area contributed by atoms with Crippen molar-refractivity contribution in [3.8, 4) is 0 Å². The van der Waals surface area contributed by atoms with Gasteiger partial charge in [0.15, 0.2) is 0 Å². The van der Waals surface area contributed by atoms with E-state index in [-0.39, 0.29) is 30.1 Å². The maximum atomic E-state index is 13.6. The number of carbonyl (C=O) groups excluding carboxylic acids is 3. The zero-order chi connectivity index (χ0) is 20.9. The SMILES string of the molecule is CC(C)(C)N1Cc2nn(C/C(=C/F)CN3C(=O)c4ccccc4C3=O)cc2C1=O. The third kappa shape index (κ3) is 3.14. The van der Waals surface area contributed by atoms with Gasteiger partial charge in [0.1, 0.15) is 0 Å². The van der Waals surface area contributed by atoms with Crippen LogP contribution in [0.5, 0.6) is 0 Å². The van der Waals surface area contributed by atoms with Gasteiger partial charge in [0.05, 0.1) is 48.3 Å². The number of amides is 3. The maximum Gasteiger partial charge on any atom is 0.261 e. The molecule has 4 rings (SSSR count). The van der Waals surface area contributed by atoms with Crippen molar-refractivity contribution in [1.29, 1.82) is 0 Å². The highest BCUT2D eigenvalue weighted by Crippen LogP contribution is 2.29. The minimum absolute atomic E-state index is 0.0414. The Balaban J connectivity index is 1.49. The van der Waals surface area contributed by atoms with Gasteiger partial charge in [0, 0.05) is 11.7 Å². The standard InChI is InChI=1S/C21H21FN4O3/c1-21(2,3)26-12-17-16(20(26)29)11-24(23-17)9-13(8-22)10-25-18(27)14-6-4-5-7-15(14)19(25)28/h4-8,11H,9-10,12H2,1-3H3/b13-8-. The van der Waals surface area contributed by atoms with E-state index >= 15 is 0 Å². The maximum absolute atomic E-state index is 13.6. The van der Waals surface area contributed by atoms with E-state index in [9.17, 15) is 18.8 Å². The summed E-state index contributed by atoms with van der Waals surface area (Å²) in [5.74, 6) is -0.988. The molecule has 29 heavy (non-hydrogen) atoms. The molecule has 0 bridgehead atoms. The molecule has 0 atom stereocenters. The fourth-order valence-electron chi connectivity index (χ4n) is 3.66. The van der Waals surface area contributed by atoms with Crippen molar-refractivity contribution in [2.45, 2.75) is 39.4 Å². The van der Waals surface area contributed by atoms with E-state index < -0.39 is 11.8 Å². The van der Waals surface area contributed by atoms with Gasteiger partial charge in [0.25, 0.3) is 17.7 Å². The van der Waals surface area contributed by atoms with Crippen LogP contribution in [0.4, 0.5) is 4.39 Å². The molecule has 0 spiro atoms. The van der Waals surface area contributed by atoms with Crippen molar-refractivity contribution in [1.82, 2.24) is 19.6 Å². The minimum Gasteiger partial charge on any atom is -0.328 e. The molecule has 0 saturated heterocycles. The first kappa shape index (κ1) is 19.0. The number of imide groups is 1. The summed E-state index contributed by atoms with van der Waals surface area (Å²) in [4.78, 5) is 40.3. The molecule has 8 heteroatoms. The normalized spacial score (nSPS) is 16.7. The number of nitrogens with zero attached hydrogens (tertiary/aromatic N) is 4. The second kappa shape index (κ2) is 6.65. The van der Waals surface area contributed by atoms with Crippen LogP contribution in [0, 0.1) is 0 Å². The Morgan fingerprint density at radius 2 is 1.66 bits per heavy atom. The highest BCUT2D eigenvalue weighted by molar-refractivity contribution is 6.21. The third-order valence-corrected chi connectivity index (χ3v) is 5.19. The number of aromatic nitrogens is 2. The van der Waals surface area contributed by atoms with E-state index in [1.165, 1.54) is 4.68 Å². The van der Waals surface area contributed by atoms with Crippen LogP contribution in [-0.4, -0.2) is 49.4 Å². The van der Waals surface area contributed by atoms with Crippen molar-refractivity contribution in [2.75, 3.05) is 6.54 Å². The summed E-state index contributed by atoms with van der Waals surface area (Å²) in [5.41, 5.74) is 1.68. The van der Waals surface area contributed by atoms with E-state index in [1.54, 1.807) is 35.4 Å². The summed E-state index contributed by atoms with van der Waals surface area (Å²) in [6, 6.07) is 6.53. The first-order valence-electron chi connectivity index (χ1n) is 9.32. The molecule has 0 N–H and O–H groups in total. The largest absolute Gasteiger partial charge is 0.328 e. The lowest BCUT2D eigenvalue weighted by Gasteiger charge is -2.31. The van der Waals surface area contributed by atoms with E-state index in [0.29, 0.717) is 35.3 Å². The Labute approximate surface area is 167 Å². The van der Waals surface area contributed by atoms with Gasteiger partial charge in [-0.15, -0.1) is 0 Å². The molecule has 0 aliphatic carbocycles. The van der Waals surface area contributed by atoms with Crippen LogP contribution in [0.1, 0.15) is 57.5 Å². The zero-order valence-electron chi connectivity index (χ0n) is 16.5. The lowest BCUT2D eigenvalue weighted by Crippen LogP contribution is -2.41. The molecule has 3 heterocycles. The molecule has 0 saturated carbocycles. The van der Waals surface area contributed by atoms with E-state index in [2.05, 4.69) is 5.10 Å². The lowest BCUT2D eigenvalue weighted by atomic mass is 10.1. The van der Waals surface area contributed by atoms with Crippen LogP contribution >= 0.6 is 0 Å². The van der Waals surface area contributed by atoms with Crippen LogP contribution in [0.15, 0.2) is 42.4 Å². The summed E-state index contributed by atoms with van der Waals surface area (Å²) in [7, 11) is 0. The highest BCUT2D eigenvalue weighted by Gasteiger charge is 2.38. The average molecular weight is 396 g/mol. The third-order valence-electron chi connectivity index (χ3n) is 5.19. The fourth-order valence-corrected chi connectivity index (χ4v) is 3.66. The predicted octanol–water partition coefficient (Wildman–Crippen LogP) is 2.79. The van der Waals surface area contributed by atoms with Gasteiger partial charge in [-0.25, -0.2) is 4.39 Å². The van der Waals surface area contributed by atoms with Crippen LogP contribution in [0.25, 0.3) is 0 Å². The Bertz CT molecular complexity index is 1030. The molecule has 0 unspecified atom stereocenters. The molecule has 1 aromatic heterocycles. The highest BCUT2D eigenvalue weighted by atomic mass is 19.1. The second-order valence-electron chi connectivity index (χ2n) is 8.26. The smallest absolute Gasteiger partial charge is 0.261 e. The number of benzene rings is 1. The minimum atomic E-state index is -0.441. The first-order valence-corrected chi connectivity index (χ1v) is 9.32. The van der Waals surface area contributed by atoms with Crippen molar-refractivity contribution >= 4 is 17.7 Å². The molecule has 150 valence electrons. The molecular formula is C21H21FN4O3. The van der Waals surface area contributed by atoms with Gasteiger partial charge in [-0.1, -0.05) is 12.1 Å². The number of rotatable bonds is 4. The molecule has 7 nitrogen and oxygen atoms in total. The molecule has 2 aliphatic rings. The summed E-state index contributed by atoms with van der Waals surface area (Å²) in [5, 5.41) is 4.40. The fraction of sp³-hybridized carbons (Fsp3) is 0.333. The lowest BCUT2D eigenvalue weighted by molar-refractivity contribution is 0.0603. The van der Waals surface area contributed by atoms with Crippen LogP contribution in [0.3, 0.4) is 0 Å². The molecular weight excluding hydrogens is 375 g/mol. The topological polar surface area (TPSA) is 75.5 Å². The summed E-state index contributed by atoms with van der Waals surface area (Å²) < 4.78 is 15.0. The average Bonchev–Trinajstić information content (AvgIpc) is 3.29. The van der Waals surface area contributed by atoms with Gasteiger partial charge in [-0.3, -0.25) is 24.0 Å². The van der Waals surface area contributed by atoms with Crippen LogP contribution in [-0.2, 0) is 13.1 Å². The molecule has 0 fully saturated rings. The number of fused-ring (bicyclic) bond motifs is 2. The number of carbonyl (C=O) groups is 3. The molecule has 1 aromatic carbocycles. The van der Waals surface area contributed by atoms with Gasteiger partial charge >= 0.3 is 0 Å². The Hall–Kier alpha value is -3.29. The number of hydrogen-bond donors (Lipinski definition) is 0. The first-order chi connectivity index (χ1) is 13.7. The van der Waals surface area contributed by atoms with E-state index in [1.807, 2.05) is 20.8 Å². The Morgan fingerprint density at radius 1 is 1.03 bits per heavy atom. The van der Waals surface area contributed by atoms with Gasteiger partial charge in [-0.05, 0) is 38.5 Å². The summed E-state index contributed by atoms with van der Waals surface area (Å²) >= 11 is 0. The van der Waals surface area contributed by atoms with E-state index in [0.717, 1.165) is 4.90 Å². The van der Waals surface area contributed by atoms with E-state index in [4.69, 9.17) is 0 Å². The van der Waals surface area contributed by atoms with Crippen molar-refractivity contribution in [2.24, 2.45) is 0 Å². The van der Waals surface area contributed by atoms with Crippen molar-refractivity contribution in [3.63, 3.8) is 0 Å². The summed E-state index contributed by atoms with van der Waals surface area (Å²) in [6.07, 6.45) is 1.98. The van der Waals surface area contributed by atoms with Gasteiger partial charge in [-0.2, -0.15) is 5.10 Å². The molecule has 2 aromatic rings. The van der Waals surface area contributed by atoms with Crippen LogP contribution in [0.2, 0.25) is 0 Å². The molecule has 2 aliphatic heterocycles. The number of hydrogen-bond acceptors (Lipinski definition) is 4. The monoisotopic (exact) mass is 396 g/mol.